The van der Waals surface area contributed by atoms with Crippen LogP contribution in [0.15, 0.2) is 17.5 Å². The third kappa shape index (κ3) is 4.99. The zero-order chi connectivity index (χ0) is 12.7. The maximum atomic E-state index is 11.6. The molecule has 1 amide bonds. The number of amides is 1. The fraction of sp³-hybridized carbons (Fsp3) is 0.500. The van der Waals surface area contributed by atoms with Gasteiger partial charge in [0.1, 0.15) is 6.04 Å². The molecule has 2 N–H and O–H groups in total. The number of aliphatic carboxylic acids is 1. The molecule has 0 aliphatic rings. The summed E-state index contributed by atoms with van der Waals surface area (Å²) < 4.78 is 0. The molecule has 0 saturated heterocycles. The van der Waals surface area contributed by atoms with Crippen LogP contribution in [0.4, 0.5) is 0 Å². The highest BCUT2D eigenvalue weighted by molar-refractivity contribution is 7.10. The standard InChI is InChI=1S/C12H17NO3S/c1-2-3-6-10(12(15)16)13-11(14)8-9-5-4-7-17-9/h4-5,7,10H,2-3,6,8H2,1H3,(H,13,14)(H,15,16)/t10-/m0/s1. The average molecular weight is 255 g/mol. The molecule has 1 aromatic heterocycles. The fourth-order valence-corrected chi connectivity index (χ4v) is 2.19. The zero-order valence-electron chi connectivity index (χ0n) is 9.81. The van der Waals surface area contributed by atoms with Crippen LogP contribution in [0.25, 0.3) is 0 Å². The first-order chi connectivity index (χ1) is 8.13. The predicted octanol–water partition coefficient (Wildman–Crippen LogP) is 2.05. The van der Waals surface area contributed by atoms with Crippen LogP contribution in [0.2, 0.25) is 0 Å². The van der Waals surface area contributed by atoms with Gasteiger partial charge >= 0.3 is 5.97 Å². The van der Waals surface area contributed by atoms with Crippen molar-refractivity contribution in [3.63, 3.8) is 0 Å². The van der Waals surface area contributed by atoms with Crippen LogP contribution in [-0.2, 0) is 16.0 Å². The molecule has 0 unspecified atom stereocenters. The van der Waals surface area contributed by atoms with Gasteiger partial charge in [-0.3, -0.25) is 4.79 Å². The smallest absolute Gasteiger partial charge is 0.326 e. The van der Waals surface area contributed by atoms with Crippen molar-refractivity contribution >= 4 is 23.2 Å². The highest BCUT2D eigenvalue weighted by Gasteiger charge is 2.19. The minimum atomic E-state index is -0.960. The third-order valence-corrected chi connectivity index (χ3v) is 3.27. The normalized spacial score (nSPS) is 12.1. The lowest BCUT2D eigenvalue weighted by atomic mass is 10.1. The molecule has 0 saturated carbocycles. The molecule has 0 aromatic carbocycles. The Morgan fingerprint density at radius 3 is 2.82 bits per heavy atom. The molecular formula is C12H17NO3S. The number of carboxylic acids is 1. The fourth-order valence-electron chi connectivity index (χ4n) is 1.48. The molecule has 1 heterocycles. The van der Waals surface area contributed by atoms with Gasteiger partial charge in [0.25, 0.3) is 0 Å². The van der Waals surface area contributed by atoms with Gasteiger partial charge in [-0.2, -0.15) is 0 Å². The van der Waals surface area contributed by atoms with Gasteiger partial charge in [-0.05, 0) is 17.9 Å². The Balaban J connectivity index is 2.43. The van der Waals surface area contributed by atoms with Crippen LogP contribution >= 0.6 is 11.3 Å². The molecule has 0 fully saturated rings. The Morgan fingerprint density at radius 1 is 1.53 bits per heavy atom. The van der Waals surface area contributed by atoms with Gasteiger partial charge < -0.3 is 10.4 Å². The van der Waals surface area contributed by atoms with Gasteiger partial charge in [0.05, 0.1) is 6.42 Å². The lowest BCUT2D eigenvalue weighted by molar-refractivity contribution is -0.141. The summed E-state index contributed by atoms with van der Waals surface area (Å²) in [6.07, 6.45) is 2.47. The summed E-state index contributed by atoms with van der Waals surface area (Å²) in [6.45, 7) is 1.99. The van der Waals surface area contributed by atoms with Gasteiger partial charge in [0.2, 0.25) is 5.91 Å². The SMILES string of the molecule is CCCC[C@H](NC(=O)Cc1cccs1)C(=O)O. The molecule has 0 spiro atoms. The van der Waals surface area contributed by atoms with Crippen molar-refractivity contribution in [1.29, 1.82) is 0 Å². The number of rotatable bonds is 7. The van der Waals surface area contributed by atoms with Crippen LogP contribution in [0, 0.1) is 0 Å². The number of carboxylic acid groups (broad SMARTS) is 1. The van der Waals surface area contributed by atoms with Gasteiger partial charge in [0.15, 0.2) is 0 Å². The van der Waals surface area contributed by atoms with Gasteiger partial charge in [0, 0.05) is 4.88 Å². The molecule has 5 heteroatoms. The highest BCUT2D eigenvalue weighted by atomic mass is 32.1. The molecule has 0 bridgehead atoms. The first-order valence-electron chi connectivity index (χ1n) is 5.68. The topological polar surface area (TPSA) is 66.4 Å². The number of carbonyl (C=O) groups excluding carboxylic acids is 1. The summed E-state index contributed by atoms with van der Waals surface area (Å²) in [7, 11) is 0. The Labute approximate surface area is 105 Å². The summed E-state index contributed by atoms with van der Waals surface area (Å²) in [4.78, 5) is 23.5. The number of nitrogens with one attached hydrogen (secondary N) is 1. The first kappa shape index (κ1) is 13.7. The molecule has 0 radical (unpaired) electrons. The van der Waals surface area contributed by atoms with Crippen LogP contribution in [-0.4, -0.2) is 23.0 Å². The van der Waals surface area contributed by atoms with E-state index in [0.29, 0.717) is 6.42 Å². The van der Waals surface area contributed by atoms with Gasteiger partial charge in [-0.15, -0.1) is 11.3 Å². The Kier molecular flexibility index (Phi) is 5.69. The van der Waals surface area contributed by atoms with Crippen LogP contribution in [0.3, 0.4) is 0 Å². The summed E-state index contributed by atoms with van der Waals surface area (Å²) in [5.74, 6) is -1.19. The van der Waals surface area contributed by atoms with Crippen molar-refractivity contribution in [1.82, 2.24) is 5.32 Å². The number of carbonyl (C=O) groups is 2. The van der Waals surface area contributed by atoms with Crippen LogP contribution in [0.1, 0.15) is 31.1 Å². The number of hydrogen-bond acceptors (Lipinski definition) is 3. The lowest BCUT2D eigenvalue weighted by Gasteiger charge is -2.13. The van der Waals surface area contributed by atoms with Crippen LogP contribution in [0.5, 0.6) is 0 Å². The third-order valence-electron chi connectivity index (χ3n) is 2.39. The molecule has 0 aliphatic carbocycles. The Hall–Kier alpha value is -1.36. The van der Waals surface area contributed by atoms with Crippen molar-refractivity contribution in [2.24, 2.45) is 0 Å². The predicted molar refractivity (Wildman–Crippen MR) is 67.1 cm³/mol. The highest BCUT2D eigenvalue weighted by Crippen LogP contribution is 2.09. The second-order valence-electron chi connectivity index (χ2n) is 3.86. The van der Waals surface area contributed by atoms with E-state index in [1.165, 1.54) is 11.3 Å². The van der Waals surface area contributed by atoms with E-state index in [0.717, 1.165) is 17.7 Å². The molecule has 1 atom stereocenters. The maximum Gasteiger partial charge on any atom is 0.326 e. The van der Waals surface area contributed by atoms with E-state index < -0.39 is 12.0 Å². The second kappa shape index (κ2) is 7.06. The lowest BCUT2D eigenvalue weighted by Crippen LogP contribution is -2.41. The van der Waals surface area contributed by atoms with E-state index in [-0.39, 0.29) is 12.3 Å². The summed E-state index contributed by atoms with van der Waals surface area (Å²) in [5.41, 5.74) is 0. The molecule has 1 aromatic rings. The van der Waals surface area contributed by atoms with Crippen molar-refractivity contribution in [2.75, 3.05) is 0 Å². The van der Waals surface area contributed by atoms with E-state index in [2.05, 4.69) is 5.32 Å². The largest absolute Gasteiger partial charge is 0.480 e. The first-order valence-corrected chi connectivity index (χ1v) is 6.56. The molecule has 17 heavy (non-hydrogen) atoms. The van der Waals surface area contributed by atoms with Crippen LogP contribution < -0.4 is 5.32 Å². The van der Waals surface area contributed by atoms with E-state index in [1.54, 1.807) is 0 Å². The summed E-state index contributed by atoms with van der Waals surface area (Å²) in [6, 6.07) is 2.98. The number of hydrogen-bond donors (Lipinski definition) is 2. The molecule has 0 aliphatic heterocycles. The van der Waals surface area contributed by atoms with Crippen molar-refractivity contribution in [2.45, 2.75) is 38.6 Å². The van der Waals surface area contributed by atoms with Crippen molar-refractivity contribution in [3.05, 3.63) is 22.4 Å². The van der Waals surface area contributed by atoms with E-state index >= 15 is 0 Å². The monoisotopic (exact) mass is 255 g/mol. The van der Waals surface area contributed by atoms with Gasteiger partial charge in [-0.25, -0.2) is 4.79 Å². The quantitative estimate of drug-likeness (QED) is 0.783. The zero-order valence-corrected chi connectivity index (χ0v) is 10.6. The van der Waals surface area contributed by atoms with Crippen molar-refractivity contribution < 1.29 is 14.7 Å². The minimum absolute atomic E-state index is 0.226. The summed E-state index contributed by atoms with van der Waals surface area (Å²) in [5, 5.41) is 13.4. The number of unbranched alkanes of at least 4 members (excludes halogenated alkanes) is 1. The van der Waals surface area contributed by atoms with Crippen molar-refractivity contribution in [3.8, 4) is 0 Å². The summed E-state index contributed by atoms with van der Waals surface area (Å²) >= 11 is 1.50. The molecule has 1 rings (SSSR count). The molecule has 4 nitrogen and oxygen atoms in total. The average Bonchev–Trinajstić information content (AvgIpc) is 2.76. The minimum Gasteiger partial charge on any atom is -0.480 e. The van der Waals surface area contributed by atoms with Gasteiger partial charge in [-0.1, -0.05) is 25.8 Å². The Morgan fingerprint density at radius 2 is 2.29 bits per heavy atom. The van der Waals surface area contributed by atoms with E-state index in [4.69, 9.17) is 5.11 Å². The maximum absolute atomic E-state index is 11.6. The molecular weight excluding hydrogens is 238 g/mol. The second-order valence-corrected chi connectivity index (χ2v) is 4.89. The van der Waals surface area contributed by atoms with E-state index in [1.807, 2.05) is 24.4 Å². The number of thiophene rings is 1. The Bertz CT molecular complexity index is 362. The van der Waals surface area contributed by atoms with E-state index in [9.17, 15) is 9.59 Å². The molecule has 94 valence electrons.